The van der Waals surface area contributed by atoms with Crippen LogP contribution in [0.4, 0.5) is 5.69 Å². The second kappa shape index (κ2) is 3.57. The van der Waals surface area contributed by atoms with Crippen LogP contribution < -0.4 is 5.73 Å². The van der Waals surface area contributed by atoms with Crippen molar-refractivity contribution in [3.8, 4) is 0 Å². The number of anilines is 1. The van der Waals surface area contributed by atoms with Crippen LogP contribution in [0, 0.1) is 6.92 Å². The van der Waals surface area contributed by atoms with Gasteiger partial charge in [0.05, 0.1) is 0 Å². The number of carbonyl (C=O) groups excluding carboxylic acids is 1. The molecule has 0 saturated carbocycles. The molecule has 1 aromatic carbocycles. The first-order valence-electron chi connectivity index (χ1n) is 4.51. The minimum atomic E-state index is -0.218. The molecule has 0 spiro atoms. The molecular formula is C11H10N2O2. The van der Waals surface area contributed by atoms with Crippen molar-refractivity contribution in [2.24, 2.45) is 0 Å². The molecule has 1 aromatic heterocycles. The number of aromatic nitrogens is 1. The van der Waals surface area contributed by atoms with Gasteiger partial charge in [0.25, 0.3) is 0 Å². The molecule has 2 N–H and O–H groups in total. The van der Waals surface area contributed by atoms with E-state index in [1.807, 2.05) is 6.07 Å². The van der Waals surface area contributed by atoms with E-state index in [2.05, 4.69) is 5.16 Å². The Morgan fingerprint density at radius 1 is 1.33 bits per heavy atom. The van der Waals surface area contributed by atoms with E-state index in [4.69, 9.17) is 10.3 Å². The molecule has 0 aliphatic heterocycles. The minimum absolute atomic E-state index is 0.179. The number of rotatable bonds is 2. The predicted molar refractivity (Wildman–Crippen MR) is 55.5 cm³/mol. The molecule has 0 fully saturated rings. The highest BCUT2D eigenvalue weighted by atomic mass is 16.5. The largest absolute Gasteiger partial charge is 0.394 e. The molecule has 4 heteroatoms. The third kappa shape index (κ3) is 1.61. The molecule has 4 nitrogen and oxygen atoms in total. The maximum Gasteiger partial charge on any atom is 0.217 e. The first kappa shape index (κ1) is 9.45. The van der Waals surface area contributed by atoms with E-state index in [-0.39, 0.29) is 11.5 Å². The highest BCUT2D eigenvalue weighted by Crippen LogP contribution is 2.18. The lowest BCUT2D eigenvalue weighted by molar-refractivity contribution is 0.103. The van der Waals surface area contributed by atoms with Crippen molar-refractivity contribution < 1.29 is 9.32 Å². The Kier molecular flexibility index (Phi) is 2.25. The predicted octanol–water partition coefficient (Wildman–Crippen LogP) is 1.80. The molecule has 2 rings (SSSR count). The second-order valence-electron chi connectivity index (χ2n) is 3.20. The Morgan fingerprint density at radius 3 is 2.53 bits per heavy atom. The Morgan fingerprint density at radius 2 is 2.00 bits per heavy atom. The van der Waals surface area contributed by atoms with Crippen LogP contribution in [-0.4, -0.2) is 10.9 Å². The van der Waals surface area contributed by atoms with Gasteiger partial charge in [-0.1, -0.05) is 35.5 Å². The van der Waals surface area contributed by atoms with Crippen LogP contribution in [-0.2, 0) is 0 Å². The van der Waals surface area contributed by atoms with Gasteiger partial charge in [0.1, 0.15) is 5.69 Å². The number of hydrogen-bond donors (Lipinski definition) is 1. The van der Waals surface area contributed by atoms with E-state index in [0.717, 1.165) is 0 Å². The number of nitrogens with two attached hydrogens (primary N) is 1. The lowest BCUT2D eigenvalue weighted by Gasteiger charge is -1.96. The molecule has 0 bridgehead atoms. The number of aryl methyl sites for hydroxylation is 1. The Bertz CT molecular complexity index is 489. The van der Waals surface area contributed by atoms with Gasteiger partial charge in [-0.3, -0.25) is 4.79 Å². The fourth-order valence-corrected chi connectivity index (χ4v) is 1.27. The van der Waals surface area contributed by atoms with Crippen molar-refractivity contribution in [2.75, 3.05) is 5.73 Å². The maximum absolute atomic E-state index is 11.9. The quantitative estimate of drug-likeness (QED) is 0.754. The molecule has 2 aromatic rings. The molecule has 1 heterocycles. The van der Waals surface area contributed by atoms with Crippen molar-refractivity contribution in [3.05, 3.63) is 47.3 Å². The standard InChI is InChI=1S/C11H10N2O2/c1-7-9(12)10(13-15-7)11(14)8-5-3-2-4-6-8/h2-6H,12H2,1H3. The summed E-state index contributed by atoms with van der Waals surface area (Å²) in [6.45, 7) is 1.67. The average molecular weight is 202 g/mol. The number of nitrogens with zero attached hydrogens (tertiary/aromatic N) is 1. The molecule has 15 heavy (non-hydrogen) atoms. The van der Waals surface area contributed by atoms with Gasteiger partial charge in [0, 0.05) is 5.56 Å². The number of ketones is 1. The van der Waals surface area contributed by atoms with Crippen LogP contribution in [0.1, 0.15) is 21.8 Å². The summed E-state index contributed by atoms with van der Waals surface area (Å²) in [5.74, 6) is 0.249. The third-order valence-electron chi connectivity index (χ3n) is 2.16. The number of hydrogen-bond acceptors (Lipinski definition) is 4. The van der Waals surface area contributed by atoms with Crippen LogP contribution in [0.25, 0.3) is 0 Å². The topological polar surface area (TPSA) is 69.1 Å². The third-order valence-corrected chi connectivity index (χ3v) is 2.16. The summed E-state index contributed by atoms with van der Waals surface area (Å²) in [6, 6.07) is 8.85. The molecule has 0 atom stereocenters. The normalized spacial score (nSPS) is 10.2. The van der Waals surface area contributed by atoms with Crippen molar-refractivity contribution in [1.29, 1.82) is 0 Å². The van der Waals surface area contributed by atoms with Crippen molar-refractivity contribution in [2.45, 2.75) is 6.92 Å². The van der Waals surface area contributed by atoms with Crippen LogP contribution in [0.3, 0.4) is 0 Å². The Labute approximate surface area is 86.7 Å². The van der Waals surface area contributed by atoms with Crippen molar-refractivity contribution in [1.82, 2.24) is 5.16 Å². The van der Waals surface area contributed by atoms with Crippen LogP contribution in [0.5, 0.6) is 0 Å². The monoisotopic (exact) mass is 202 g/mol. The molecular weight excluding hydrogens is 192 g/mol. The van der Waals surface area contributed by atoms with Gasteiger partial charge in [-0.05, 0) is 6.92 Å². The zero-order chi connectivity index (χ0) is 10.8. The summed E-state index contributed by atoms with van der Waals surface area (Å²) >= 11 is 0. The van der Waals surface area contributed by atoms with E-state index >= 15 is 0 Å². The summed E-state index contributed by atoms with van der Waals surface area (Å²) in [5.41, 5.74) is 6.71. The van der Waals surface area contributed by atoms with E-state index in [1.165, 1.54) is 0 Å². The first-order valence-corrected chi connectivity index (χ1v) is 4.51. The maximum atomic E-state index is 11.9. The van der Waals surface area contributed by atoms with Crippen LogP contribution in [0.2, 0.25) is 0 Å². The zero-order valence-electron chi connectivity index (χ0n) is 8.23. The molecule has 0 aliphatic carbocycles. The van der Waals surface area contributed by atoms with Gasteiger partial charge in [-0.2, -0.15) is 0 Å². The molecule has 0 saturated heterocycles. The lowest BCUT2D eigenvalue weighted by Crippen LogP contribution is -2.04. The summed E-state index contributed by atoms with van der Waals surface area (Å²) in [5, 5.41) is 3.64. The molecule has 0 unspecified atom stereocenters. The summed E-state index contributed by atoms with van der Waals surface area (Å²) in [6.07, 6.45) is 0. The fraction of sp³-hybridized carbons (Fsp3) is 0.0909. The molecule has 0 radical (unpaired) electrons. The average Bonchev–Trinajstić information content (AvgIpc) is 2.60. The number of nitrogen functional groups attached to an aromatic ring is 1. The van der Waals surface area contributed by atoms with E-state index in [9.17, 15) is 4.79 Å². The fourth-order valence-electron chi connectivity index (χ4n) is 1.27. The van der Waals surface area contributed by atoms with Gasteiger partial charge < -0.3 is 10.3 Å². The zero-order valence-corrected chi connectivity index (χ0v) is 8.23. The molecule has 76 valence electrons. The van der Waals surface area contributed by atoms with E-state index in [1.54, 1.807) is 31.2 Å². The number of benzene rings is 1. The molecule has 0 aliphatic rings. The SMILES string of the molecule is Cc1onc(C(=O)c2ccccc2)c1N. The van der Waals surface area contributed by atoms with Gasteiger partial charge in [0.15, 0.2) is 11.5 Å². The second-order valence-corrected chi connectivity index (χ2v) is 3.20. The van der Waals surface area contributed by atoms with E-state index in [0.29, 0.717) is 17.0 Å². The summed E-state index contributed by atoms with van der Waals surface area (Å²) < 4.78 is 4.84. The number of carbonyl (C=O) groups is 1. The summed E-state index contributed by atoms with van der Waals surface area (Å²) in [7, 11) is 0. The van der Waals surface area contributed by atoms with E-state index < -0.39 is 0 Å². The van der Waals surface area contributed by atoms with Gasteiger partial charge in [-0.25, -0.2) is 0 Å². The van der Waals surface area contributed by atoms with Crippen molar-refractivity contribution >= 4 is 11.5 Å². The van der Waals surface area contributed by atoms with Gasteiger partial charge in [-0.15, -0.1) is 0 Å². The lowest BCUT2D eigenvalue weighted by atomic mass is 10.1. The Balaban J connectivity index is 2.42. The highest BCUT2D eigenvalue weighted by molar-refractivity contribution is 6.10. The Hall–Kier alpha value is -2.10. The highest BCUT2D eigenvalue weighted by Gasteiger charge is 2.18. The van der Waals surface area contributed by atoms with Crippen molar-refractivity contribution in [3.63, 3.8) is 0 Å². The first-order chi connectivity index (χ1) is 7.20. The van der Waals surface area contributed by atoms with Gasteiger partial charge >= 0.3 is 0 Å². The van der Waals surface area contributed by atoms with Gasteiger partial charge in [0.2, 0.25) is 5.78 Å². The van der Waals surface area contributed by atoms with Crippen LogP contribution >= 0.6 is 0 Å². The van der Waals surface area contributed by atoms with Crippen LogP contribution in [0.15, 0.2) is 34.9 Å². The smallest absolute Gasteiger partial charge is 0.217 e. The molecule has 0 amide bonds. The minimum Gasteiger partial charge on any atom is -0.394 e. The summed E-state index contributed by atoms with van der Waals surface area (Å²) in [4.78, 5) is 11.9.